The highest BCUT2D eigenvalue weighted by molar-refractivity contribution is 7.92. The Kier molecular flexibility index (Phi) is 4.09. The Morgan fingerprint density at radius 3 is 2.48 bits per heavy atom. The van der Waals surface area contributed by atoms with Crippen molar-refractivity contribution in [2.24, 2.45) is 0 Å². The first-order valence-electron chi connectivity index (χ1n) is 6.37. The van der Waals surface area contributed by atoms with Gasteiger partial charge in [0.05, 0.1) is 17.7 Å². The van der Waals surface area contributed by atoms with Gasteiger partial charge in [-0.25, -0.2) is 8.42 Å². The van der Waals surface area contributed by atoms with Crippen molar-refractivity contribution in [2.75, 3.05) is 17.6 Å². The van der Waals surface area contributed by atoms with Gasteiger partial charge in [0.2, 0.25) is 0 Å². The van der Waals surface area contributed by atoms with E-state index in [1.165, 1.54) is 7.11 Å². The molecule has 0 saturated heterocycles. The van der Waals surface area contributed by atoms with E-state index in [2.05, 4.69) is 4.72 Å². The Balaban J connectivity index is 2.49. The first-order valence-corrected chi connectivity index (χ1v) is 7.86. The molecule has 0 aliphatic heterocycles. The van der Waals surface area contributed by atoms with Gasteiger partial charge in [0, 0.05) is 5.69 Å². The predicted molar refractivity (Wildman–Crippen MR) is 84.1 cm³/mol. The number of anilines is 2. The van der Waals surface area contributed by atoms with Crippen LogP contribution in [0.3, 0.4) is 0 Å². The molecule has 0 atom stereocenters. The number of methoxy groups -OCH3 is 1. The molecule has 0 heterocycles. The normalized spacial score (nSPS) is 11.2. The highest BCUT2D eigenvalue weighted by Gasteiger charge is 2.20. The third-order valence-corrected chi connectivity index (χ3v) is 4.68. The lowest BCUT2D eigenvalue weighted by Gasteiger charge is -2.14. The van der Waals surface area contributed by atoms with E-state index in [1.54, 1.807) is 50.2 Å². The summed E-state index contributed by atoms with van der Waals surface area (Å²) in [5.41, 5.74) is 8.01. The average Bonchev–Trinajstić information content (AvgIpc) is 2.43. The van der Waals surface area contributed by atoms with Crippen LogP contribution in [0.15, 0.2) is 41.3 Å². The molecule has 2 rings (SSSR count). The molecule has 0 aliphatic rings. The third kappa shape index (κ3) is 3.11. The van der Waals surface area contributed by atoms with E-state index in [4.69, 9.17) is 10.5 Å². The summed E-state index contributed by atoms with van der Waals surface area (Å²) in [5, 5.41) is 0. The van der Waals surface area contributed by atoms with Gasteiger partial charge in [-0.1, -0.05) is 12.1 Å². The quantitative estimate of drug-likeness (QED) is 0.851. The topological polar surface area (TPSA) is 81.4 Å². The van der Waals surface area contributed by atoms with Gasteiger partial charge in [-0.2, -0.15) is 0 Å². The number of ether oxygens (including phenoxy) is 1. The van der Waals surface area contributed by atoms with E-state index < -0.39 is 10.0 Å². The molecule has 0 spiro atoms. The molecule has 3 N–H and O–H groups in total. The summed E-state index contributed by atoms with van der Waals surface area (Å²) in [6, 6.07) is 10.2. The molecule has 112 valence electrons. The van der Waals surface area contributed by atoms with Gasteiger partial charge in [0.25, 0.3) is 10.0 Å². The predicted octanol–water partition coefficient (Wildman–Crippen LogP) is 2.70. The summed E-state index contributed by atoms with van der Waals surface area (Å²) in [5.74, 6) is 0.458. The van der Waals surface area contributed by atoms with Crippen LogP contribution >= 0.6 is 0 Å². The van der Waals surface area contributed by atoms with Crippen LogP contribution in [-0.4, -0.2) is 15.5 Å². The largest absolute Gasteiger partial charge is 0.495 e. The molecular formula is C15H18N2O3S. The van der Waals surface area contributed by atoms with Crippen LogP contribution < -0.4 is 15.2 Å². The Labute approximate surface area is 124 Å². The van der Waals surface area contributed by atoms with E-state index in [1.807, 2.05) is 0 Å². The lowest BCUT2D eigenvalue weighted by molar-refractivity contribution is 0.417. The summed E-state index contributed by atoms with van der Waals surface area (Å²) >= 11 is 0. The van der Waals surface area contributed by atoms with Gasteiger partial charge in [-0.3, -0.25) is 4.72 Å². The minimum atomic E-state index is -3.73. The molecule has 2 aromatic carbocycles. The molecule has 0 saturated carbocycles. The van der Waals surface area contributed by atoms with Crippen LogP contribution in [0.25, 0.3) is 0 Å². The van der Waals surface area contributed by atoms with Crippen molar-refractivity contribution in [3.8, 4) is 5.75 Å². The molecule has 0 radical (unpaired) electrons. The fourth-order valence-electron chi connectivity index (χ4n) is 2.06. The first kappa shape index (κ1) is 15.2. The van der Waals surface area contributed by atoms with Gasteiger partial charge in [0.15, 0.2) is 0 Å². The maximum Gasteiger partial charge on any atom is 0.262 e. The summed E-state index contributed by atoms with van der Waals surface area (Å²) in [6.45, 7) is 3.49. The Bertz CT molecular complexity index is 770. The molecule has 0 aliphatic carbocycles. The van der Waals surface area contributed by atoms with Crippen molar-refractivity contribution in [1.82, 2.24) is 0 Å². The van der Waals surface area contributed by atoms with Gasteiger partial charge < -0.3 is 10.5 Å². The van der Waals surface area contributed by atoms with Crippen LogP contribution in [0.2, 0.25) is 0 Å². The van der Waals surface area contributed by atoms with Crippen molar-refractivity contribution >= 4 is 21.4 Å². The molecule has 0 aromatic heterocycles. The molecule has 2 aromatic rings. The molecule has 5 nitrogen and oxygen atoms in total. The summed E-state index contributed by atoms with van der Waals surface area (Å²) in [4.78, 5) is 0.172. The van der Waals surface area contributed by atoms with Crippen LogP contribution in [0, 0.1) is 13.8 Å². The highest BCUT2D eigenvalue weighted by atomic mass is 32.2. The summed E-state index contributed by atoms with van der Waals surface area (Å²) < 4.78 is 32.8. The number of nitrogens with one attached hydrogen (secondary N) is 1. The number of sulfonamides is 1. The summed E-state index contributed by atoms with van der Waals surface area (Å²) in [6.07, 6.45) is 0. The van der Waals surface area contributed by atoms with E-state index in [9.17, 15) is 8.42 Å². The van der Waals surface area contributed by atoms with Crippen molar-refractivity contribution in [3.05, 3.63) is 47.5 Å². The lowest BCUT2D eigenvalue weighted by Crippen LogP contribution is -2.15. The first-order chi connectivity index (χ1) is 9.85. The number of para-hydroxylation sites is 2. The lowest BCUT2D eigenvalue weighted by atomic mass is 10.1. The van der Waals surface area contributed by atoms with Crippen LogP contribution in [0.4, 0.5) is 11.4 Å². The number of nitrogens with two attached hydrogens (primary N) is 1. The van der Waals surface area contributed by atoms with Gasteiger partial charge in [-0.05, 0) is 49.2 Å². The minimum absolute atomic E-state index is 0.172. The minimum Gasteiger partial charge on any atom is -0.495 e. The zero-order chi connectivity index (χ0) is 15.6. The number of hydrogen-bond acceptors (Lipinski definition) is 4. The molecule has 21 heavy (non-hydrogen) atoms. The Morgan fingerprint density at radius 1 is 1.14 bits per heavy atom. The van der Waals surface area contributed by atoms with Crippen LogP contribution in [0.1, 0.15) is 11.1 Å². The molecule has 0 unspecified atom stereocenters. The van der Waals surface area contributed by atoms with Crippen molar-refractivity contribution in [1.29, 1.82) is 0 Å². The van der Waals surface area contributed by atoms with Gasteiger partial charge in [-0.15, -0.1) is 0 Å². The second kappa shape index (κ2) is 5.65. The van der Waals surface area contributed by atoms with Gasteiger partial charge in [0.1, 0.15) is 5.75 Å². The zero-order valence-corrected chi connectivity index (χ0v) is 13.0. The molecule has 0 fully saturated rings. The van der Waals surface area contributed by atoms with Crippen LogP contribution in [-0.2, 0) is 10.0 Å². The second-order valence-electron chi connectivity index (χ2n) is 4.78. The maximum absolute atomic E-state index is 12.6. The van der Waals surface area contributed by atoms with E-state index >= 15 is 0 Å². The second-order valence-corrected chi connectivity index (χ2v) is 6.43. The van der Waals surface area contributed by atoms with E-state index in [-0.39, 0.29) is 4.90 Å². The monoisotopic (exact) mass is 306 g/mol. The highest BCUT2D eigenvalue weighted by Crippen LogP contribution is 2.29. The smallest absolute Gasteiger partial charge is 0.262 e. The SMILES string of the molecule is COc1ccccc1NS(=O)(=O)c1cc(C)cc(N)c1C. The van der Waals surface area contributed by atoms with Gasteiger partial charge >= 0.3 is 0 Å². The fraction of sp³-hybridized carbons (Fsp3) is 0.200. The Morgan fingerprint density at radius 2 is 1.81 bits per heavy atom. The number of nitrogen functional groups attached to an aromatic ring is 1. The zero-order valence-electron chi connectivity index (χ0n) is 12.2. The molecule has 6 heteroatoms. The van der Waals surface area contributed by atoms with E-state index in [0.717, 1.165) is 5.56 Å². The van der Waals surface area contributed by atoms with E-state index in [0.29, 0.717) is 22.7 Å². The fourth-order valence-corrected chi connectivity index (χ4v) is 3.49. The van der Waals surface area contributed by atoms with Crippen molar-refractivity contribution < 1.29 is 13.2 Å². The number of hydrogen-bond donors (Lipinski definition) is 2. The average molecular weight is 306 g/mol. The van der Waals surface area contributed by atoms with Crippen molar-refractivity contribution in [2.45, 2.75) is 18.7 Å². The maximum atomic E-state index is 12.6. The number of benzene rings is 2. The number of rotatable bonds is 4. The molecule has 0 bridgehead atoms. The third-order valence-electron chi connectivity index (χ3n) is 3.19. The molecule has 0 amide bonds. The van der Waals surface area contributed by atoms with Crippen LogP contribution in [0.5, 0.6) is 5.75 Å². The number of aryl methyl sites for hydroxylation is 1. The summed E-state index contributed by atoms with van der Waals surface area (Å²) in [7, 11) is -2.24. The standard InChI is InChI=1S/C15H18N2O3S/c1-10-8-12(16)11(2)15(9-10)21(18,19)17-13-6-4-5-7-14(13)20-3/h4-9,17H,16H2,1-3H3. The Hall–Kier alpha value is -2.21. The molecular weight excluding hydrogens is 288 g/mol. The van der Waals surface area contributed by atoms with Crippen molar-refractivity contribution in [3.63, 3.8) is 0 Å².